The van der Waals surface area contributed by atoms with Crippen LogP contribution in [0.3, 0.4) is 0 Å². The van der Waals surface area contributed by atoms with Crippen LogP contribution in [0.15, 0.2) is 54.7 Å². The number of aryl methyl sites for hydroxylation is 1. The van der Waals surface area contributed by atoms with Crippen molar-refractivity contribution in [3.8, 4) is 22.6 Å². The van der Waals surface area contributed by atoms with Crippen molar-refractivity contribution in [2.75, 3.05) is 0 Å². The van der Waals surface area contributed by atoms with Crippen molar-refractivity contribution in [1.29, 1.82) is 0 Å². The van der Waals surface area contributed by atoms with Gasteiger partial charge in [0, 0.05) is 24.4 Å². The lowest BCUT2D eigenvalue weighted by molar-refractivity contribution is 0.0697. The van der Waals surface area contributed by atoms with Crippen molar-refractivity contribution in [3.05, 3.63) is 65.3 Å². The summed E-state index contributed by atoms with van der Waals surface area (Å²) in [5, 5.41) is 9.58. The zero-order valence-electron chi connectivity index (χ0n) is 11.8. The molecule has 0 radical (unpaired) electrons. The molecule has 0 saturated heterocycles. The van der Waals surface area contributed by atoms with Crippen LogP contribution in [0.25, 0.3) is 22.6 Å². The number of hydrogen-bond donors (Lipinski definition) is 1. The van der Waals surface area contributed by atoms with Gasteiger partial charge in [0.15, 0.2) is 0 Å². The lowest BCUT2D eigenvalue weighted by Crippen LogP contribution is -1.94. The van der Waals surface area contributed by atoms with Gasteiger partial charge in [0.1, 0.15) is 5.82 Å². The number of carbonyl (C=O) groups is 1. The Kier molecular flexibility index (Phi) is 3.69. The molecule has 0 unspecified atom stereocenters. The predicted octanol–water partition coefficient (Wildman–Crippen LogP) is 4.11. The molecule has 22 heavy (non-hydrogen) atoms. The molecule has 0 fully saturated rings. The van der Waals surface area contributed by atoms with E-state index in [0.29, 0.717) is 5.02 Å². The monoisotopic (exact) mass is 312 g/mol. The van der Waals surface area contributed by atoms with Crippen molar-refractivity contribution < 1.29 is 9.90 Å². The summed E-state index contributed by atoms with van der Waals surface area (Å²) in [6.45, 7) is 0. The quantitative estimate of drug-likeness (QED) is 0.792. The molecule has 3 aromatic rings. The van der Waals surface area contributed by atoms with Gasteiger partial charge >= 0.3 is 5.97 Å². The van der Waals surface area contributed by atoms with Gasteiger partial charge in [0.25, 0.3) is 0 Å². The molecule has 0 spiro atoms. The second kappa shape index (κ2) is 5.66. The summed E-state index contributed by atoms with van der Waals surface area (Å²) < 4.78 is 1.90. The van der Waals surface area contributed by atoms with Crippen molar-refractivity contribution in [3.63, 3.8) is 0 Å². The van der Waals surface area contributed by atoms with Crippen molar-refractivity contribution in [2.24, 2.45) is 7.05 Å². The van der Waals surface area contributed by atoms with Gasteiger partial charge in [-0.15, -0.1) is 0 Å². The minimum absolute atomic E-state index is 0.256. The number of hydrogen-bond acceptors (Lipinski definition) is 2. The first-order valence-corrected chi connectivity index (χ1v) is 7.06. The lowest BCUT2D eigenvalue weighted by Gasteiger charge is -2.03. The molecule has 0 amide bonds. The molecule has 0 aliphatic heterocycles. The van der Waals surface area contributed by atoms with E-state index >= 15 is 0 Å². The molecular weight excluding hydrogens is 300 g/mol. The summed E-state index contributed by atoms with van der Waals surface area (Å²) in [4.78, 5) is 15.5. The van der Waals surface area contributed by atoms with E-state index in [4.69, 9.17) is 16.7 Å². The Morgan fingerprint density at radius 3 is 2.45 bits per heavy atom. The Balaban J connectivity index is 2.02. The highest BCUT2D eigenvalue weighted by Crippen LogP contribution is 2.29. The molecule has 110 valence electrons. The van der Waals surface area contributed by atoms with E-state index in [1.54, 1.807) is 24.3 Å². The first-order valence-electron chi connectivity index (χ1n) is 6.68. The van der Waals surface area contributed by atoms with Gasteiger partial charge in [-0.2, -0.15) is 0 Å². The normalized spacial score (nSPS) is 10.6. The number of carboxylic acids is 1. The molecule has 0 aliphatic rings. The van der Waals surface area contributed by atoms with Gasteiger partial charge in [-0.1, -0.05) is 35.9 Å². The van der Waals surface area contributed by atoms with Crippen molar-refractivity contribution in [2.45, 2.75) is 0 Å². The average Bonchev–Trinajstić information content (AvgIpc) is 2.90. The highest BCUT2D eigenvalue weighted by Gasteiger charge is 2.12. The third-order valence-corrected chi connectivity index (χ3v) is 3.75. The standard InChI is InChI=1S/C17H13ClN2O2/c1-20-10-15(11-6-8-12(9-7-11)17(21)22)19-16(20)13-4-2-3-5-14(13)18/h2-10H,1H3,(H,21,22). The van der Waals surface area contributed by atoms with Crippen LogP contribution in [0.1, 0.15) is 10.4 Å². The van der Waals surface area contributed by atoms with Gasteiger partial charge in [-0.25, -0.2) is 9.78 Å². The second-order valence-corrected chi connectivity index (χ2v) is 5.33. The zero-order chi connectivity index (χ0) is 15.7. The number of imidazole rings is 1. The number of carboxylic acid groups (broad SMARTS) is 1. The topological polar surface area (TPSA) is 55.1 Å². The molecule has 1 heterocycles. The summed E-state index contributed by atoms with van der Waals surface area (Å²) in [5.74, 6) is -0.174. The molecule has 0 saturated carbocycles. The summed E-state index contributed by atoms with van der Waals surface area (Å²) in [6.07, 6.45) is 1.90. The predicted molar refractivity (Wildman–Crippen MR) is 86.0 cm³/mol. The Morgan fingerprint density at radius 2 is 1.82 bits per heavy atom. The fourth-order valence-electron chi connectivity index (χ4n) is 2.28. The largest absolute Gasteiger partial charge is 0.478 e. The molecule has 1 aromatic heterocycles. The second-order valence-electron chi connectivity index (χ2n) is 4.92. The molecular formula is C17H13ClN2O2. The van der Waals surface area contributed by atoms with Crippen molar-refractivity contribution >= 4 is 17.6 Å². The van der Waals surface area contributed by atoms with Gasteiger partial charge in [-0.05, 0) is 24.3 Å². The van der Waals surface area contributed by atoms with Crippen LogP contribution in [0.5, 0.6) is 0 Å². The van der Waals surface area contributed by atoms with Crippen LogP contribution in [0, 0.1) is 0 Å². The van der Waals surface area contributed by atoms with E-state index < -0.39 is 5.97 Å². The Labute approximate surface area is 132 Å². The van der Waals surface area contributed by atoms with Gasteiger partial charge in [0.05, 0.1) is 16.3 Å². The van der Waals surface area contributed by atoms with E-state index in [2.05, 4.69) is 4.98 Å². The number of benzene rings is 2. The van der Waals surface area contributed by atoms with Crippen LogP contribution in [0.4, 0.5) is 0 Å². The molecule has 0 aliphatic carbocycles. The molecule has 1 N–H and O–H groups in total. The number of halogens is 1. The van der Waals surface area contributed by atoms with Crippen LogP contribution in [-0.2, 0) is 7.05 Å². The minimum Gasteiger partial charge on any atom is -0.478 e. The highest BCUT2D eigenvalue weighted by molar-refractivity contribution is 6.33. The molecule has 2 aromatic carbocycles. The van der Waals surface area contributed by atoms with E-state index in [-0.39, 0.29) is 5.56 Å². The van der Waals surface area contributed by atoms with E-state index in [0.717, 1.165) is 22.6 Å². The number of aromatic nitrogens is 2. The Hall–Kier alpha value is -2.59. The maximum Gasteiger partial charge on any atom is 0.335 e. The van der Waals surface area contributed by atoms with Crippen LogP contribution in [0.2, 0.25) is 5.02 Å². The van der Waals surface area contributed by atoms with E-state index in [1.165, 1.54) is 0 Å². The molecule has 0 bridgehead atoms. The molecule has 4 nitrogen and oxygen atoms in total. The summed E-state index contributed by atoms with van der Waals surface area (Å²) in [6, 6.07) is 14.2. The van der Waals surface area contributed by atoms with Crippen LogP contribution in [-0.4, -0.2) is 20.6 Å². The van der Waals surface area contributed by atoms with Crippen LogP contribution < -0.4 is 0 Å². The maximum atomic E-state index is 10.9. The van der Waals surface area contributed by atoms with Crippen LogP contribution >= 0.6 is 11.6 Å². The SMILES string of the molecule is Cn1cc(-c2ccc(C(=O)O)cc2)nc1-c1ccccc1Cl. The number of rotatable bonds is 3. The third kappa shape index (κ3) is 2.61. The zero-order valence-corrected chi connectivity index (χ0v) is 12.6. The first kappa shape index (κ1) is 14.4. The fourth-order valence-corrected chi connectivity index (χ4v) is 2.50. The summed E-state index contributed by atoms with van der Waals surface area (Å²) in [7, 11) is 1.90. The summed E-state index contributed by atoms with van der Waals surface area (Å²) >= 11 is 6.22. The molecule has 3 rings (SSSR count). The minimum atomic E-state index is -0.940. The van der Waals surface area contributed by atoms with Gasteiger partial charge in [0.2, 0.25) is 0 Å². The van der Waals surface area contributed by atoms with Gasteiger partial charge < -0.3 is 9.67 Å². The lowest BCUT2D eigenvalue weighted by atomic mass is 10.1. The van der Waals surface area contributed by atoms with Gasteiger partial charge in [-0.3, -0.25) is 0 Å². The Morgan fingerprint density at radius 1 is 1.14 bits per heavy atom. The smallest absolute Gasteiger partial charge is 0.335 e. The average molecular weight is 313 g/mol. The first-order chi connectivity index (χ1) is 10.6. The number of nitrogens with zero attached hydrogens (tertiary/aromatic N) is 2. The summed E-state index contributed by atoms with van der Waals surface area (Å²) in [5.41, 5.74) is 2.75. The highest BCUT2D eigenvalue weighted by atomic mass is 35.5. The van der Waals surface area contributed by atoms with E-state index in [9.17, 15) is 4.79 Å². The maximum absolute atomic E-state index is 10.9. The third-order valence-electron chi connectivity index (χ3n) is 3.42. The van der Waals surface area contributed by atoms with E-state index in [1.807, 2.05) is 42.1 Å². The fraction of sp³-hybridized carbons (Fsp3) is 0.0588. The Bertz CT molecular complexity index is 838. The number of aromatic carboxylic acids is 1. The molecule has 0 atom stereocenters. The van der Waals surface area contributed by atoms with Crippen molar-refractivity contribution in [1.82, 2.24) is 9.55 Å². The molecule has 5 heteroatoms.